The molecule has 0 rings (SSSR count). The molecular formula is C20H40O9. The lowest BCUT2D eigenvalue weighted by Crippen LogP contribution is -2.02. The summed E-state index contributed by atoms with van der Waals surface area (Å²) in [6, 6.07) is 0. The predicted octanol–water partition coefficient (Wildman–Crippen LogP) is 6.86. The van der Waals surface area contributed by atoms with Crippen molar-refractivity contribution in [3.8, 4) is 0 Å². The van der Waals surface area contributed by atoms with Crippen LogP contribution in [0.15, 0.2) is 12.8 Å². The minimum Gasteiger partial charge on any atom is -0.315 e. The molecule has 174 valence electrons. The molecule has 9 heteroatoms. The Kier molecular flexibility index (Phi) is 26.5. The van der Waals surface area contributed by atoms with Crippen LogP contribution in [0.25, 0.3) is 0 Å². The Bertz CT molecular complexity index is 306. The van der Waals surface area contributed by atoms with Gasteiger partial charge >= 0.3 is 0 Å². The van der Waals surface area contributed by atoms with Gasteiger partial charge in [0.15, 0.2) is 0 Å². The lowest BCUT2D eigenvalue weighted by molar-refractivity contribution is -0.829. The summed E-state index contributed by atoms with van der Waals surface area (Å²) in [5.74, 6) is 0. The van der Waals surface area contributed by atoms with Crippen LogP contribution in [0.2, 0.25) is 0 Å². The van der Waals surface area contributed by atoms with Crippen LogP contribution in [-0.2, 0) is 45.0 Å². The third kappa shape index (κ3) is 27.2. The zero-order valence-electron chi connectivity index (χ0n) is 18.0. The number of hydrogen-bond donors (Lipinski definition) is 0. The van der Waals surface area contributed by atoms with E-state index in [-0.39, 0.29) is 0 Å². The third-order valence-electron chi connectivity index (χ3n) is 4.40. The Morgan fingerprint density at radius 2 is 0.862 bits per heavy atom. The molecule has 9 nitrogen and oxygen atoms in total. The van der Waals surface area contributed by atoms with Gasteiger partial charge in [0.1, 0.15) is 6.26 Å². The van der Waals surface area contributed by atoms with Crippen LogP contribution < -0.4 is 0 Å². The molecule has 0 amide bonds. The molecule has 0 fully saturated rings. The fraction of sp³-hybridized carbons (Fsp3) is 0.900. The van der Waals surface area contributed by atoms with Crippen molar-refractivity contribution in [2.24, 2.45) is 0 Å². The molecule has 0 atom stereocenters. The normalized spacial score (nSPS) is 11.1. The lowest BCUT2D eigenvalue weighted by Gasteiger charge is -2.03. The Morgan fingerprint density at radius 1 is 0.483 bits per heavy atom. The molecule has 0 aliphatic rings. The van der Waals surface area contributed by atoms with Crippen molar-refractivity contribution in [3.05, 3.63) is 12.8 Å². The Hall–Kier alpha value is -0.780. The van der Waals surface area contributed by atoms with E-state index in [1.165, 1.54) is 89.9 Å². The van der Waals surface area contributed by atoms with Gasteiger partial charge in [0, 0.05) is 20.2 Å². The Balaban J connectivity index is 2.97. The fourth-order valence-corrected chi connectivity index (χ4v) is 2.86. The Labute approximate surface area is 174 Å². The highest BCUT2D eigenvalue weighted by Gasteiger charge is 1.97. The average Bonchev–Trinajstić information content (AvgIpc) is 2.74. The minimum absolute atomic E-state index is 0.384. The van der Waals surface area contributed by atoms with Crippen molar-refractivity contribution in [3.63, 3.8) is 0 Å². The van der Waals surface area contributed by atoms with Gasteiger partial charge in [-0.15, -0.1) is 0 Å². The molecule has 0 aromatic rings. The summed E-state index contributed by atoms with van der Waals surface area (Å²) in [4.78, 5) is 8.77. The Morgan fingerprint density at radius 3 is 1.31 bits per heavy atom. The van der Waals surface area contributed by atoms with Gasteiger partial charge in [0.2, 0.25) is 0 Å². The summed E-state index contributed by atoms with van der Waals surface area (Å²) in [5.41, 5.74) is 0. The number of unbranched alkanes of at least 4 members (excludes halogenated alkanes) is 15. The first kappa shape index (κ1) is 28.2. The van der Waals surface area contributed by atoms with E-state index in [1.807, 2.05) is 0 Å². The summed E-state index contributed by atoms with van der Waals surface area (Å²) in [6.07, 6.45) is 22.0. The van der Waals surface area contributed by atoms with Crippen molar-refractivity contribution in [1.82, 2.24) is 0 Å². The molecule has 0 aliphatic carbocycles. The van der Waals surface area contributed by atoms with Crippen LogP contribution in [0.5, 0.6) is 0 Å². The summed E-state index contributed by atoms with van der Waals surface area (Å²) < 4.78 is 0. The average molecular weight is 425 g/mol. The van der Waals surface area contributed by atoms with Crippen LogP contribution in [-0.4, -0.2) is 6.61 Å². The molecule has 0 saturated carbocycles. The fourth-order valence-electron chi connectivity index (χ4n) is 2.86. The van der Waals surface area contributed by atoms with Crippen LogP contribution in [0.3, 0.4) is 0 Å². The van der Waals surface area contributed by atoms with E-state index in [9.17, 15) is 0 Å². The molecule has 0 heterocycles. The standard InChI is InChI=1S/C20H40O9/c1-3-5-6-7-8-9-10-11-12-13-14-15-16-17-18-19-20-22-24-26-28-29-27-25-23-21-4-2/h4H,2-3,5-20H2,1H3. The van der Waals surface area contributed by atoms with E-state index in [0.717, 1.165) is 19.1 Å². The zero-order chi connectivity index (χ0) is 21.1. The maximum atomic E-state index is 4.71. The first-order chi connectivity index (χ1) is 14.4. The molecule has 0 bridgehead atoms. The summed E-state index contributed by atoms with van der Waals surface area (Å²) in [7, 11) is 0. The SMILES string of the molecule is C=COOOOOOOOOCCCCCCCCCCCCCCCCCC. The maximum absolute atomic E-state index is 4.71. The van der Waals surface area contributed by atoms with Gasteiger partial charge in [-0.3, -0.25) is 0 Å². The van der Waals surface area contributed by atoms with Gasteiger partial charge < -0.3 is 4.89 Å². The van der Waals surface area contributed by atoms with Crippen molar-refractivity contribution in [1.29, 1.82) is 0 Å². The molecule has 0 N–H and O–H groups in total. The maximum Gasteiger partial charge on any atom is 0.125 e. The van der Waals surface area contributed by atoms with Gasteiger partial charge in [0.05, 0.1) is 6.61 Å². The molecule has 0 radical (unpaired) electrons. The highest BCUT2D eigenvalue weighted by atomic mass is 17.9. The van der Waals surface area contributed by atoms with E-state index < -0.39 is 0 Å². The minimum atomic E-state index is 0.384. The summed E-state index contributed by atoms with van der Waals surface area (Å²) in [5, 5.41) is 27.4. The smallest absolute Gasteiger partial charge is 0.125 e. The molecule has 0 aromatic carbocycles. The third-order valence-corrected chi connectivity index (χ3v) is 4.40. The van der Waals surface area contributed by atoms with Crippen molar-refractivity contribution in [2.45, 2.75) is 110 Å². The highest BCUT2D eigenvalue weighted by Crippen LogP contribution is 2.13. The van der Waals surface area contributed by atoms with E-state index >= 15 is 0 Å². The van der Waals surface area contributed by atoms with Crippen molar-refractivity contribution in [2.75, 3.05) is 6.61 Å². The molecule has 29 heavy (non-hydrogen) atoms. The monoisotopic (exact) mass is 424 g/mol. The van der Waals surface area contributed by atoms with E-state index in [4.69, 9.17) is 4.89 Å². The quantitative estimate of drug-likeness (QED) is 0.0639. The highest BCUT2D eigenvalue weighted by molar-refractivity contribution is 4.49. The van der Waals surface area contributed by atoms with Crippen LogP contribution in [0.4, 0.5) is 0 Å². The van der Waals surface area contributed by atoms with Gasteiger partial charge in [0.25, 0.3) is 0 Å². The molecule has 0 aliphatic heterocycles. The zero-order valence-corrected chi connectivity index (χ0v) is 18.0. The van der Waals surface area contributed by atoms with Crippen LogP contribution >= 0.6 is 0 Å². The second-order valence-corrected chi connectivity index (χ2v) is 6.86. The topological polar surface area (TPSA) is 83.1 Å². The largest absolute Gasteiger partial charge is 0.315 e. The molecular weight excluding hydrogens is 384 g/mol. The molecule has 0 saturated heterocycles. The summed E-state index contributed by atoms with van der Waals surface area (Å²) in [6.45, 7) is 5.83. The first-order valence-corrected chi connectivity index (χ1v) is 11.0. The van der Waals surface area contributed by atoms with Gasteiger partial charge in [-0.25, -0.2) is 4.89 Å². The van der Waals surface area contributed by atoms with Crippen LogP contribution in [0, 0.1) is 0 Å². The van der Waals surface area contributed by atoms with E-state index in [1.54, 1.807) is 0 Å². The number of hydrogen-bond acceptors (Lipinski definition) is 9. The summed E-state index contributed by atoms with van der Waals surface area (Å²) >= 11 is 0. The second-order valence-electron chi connectivity index (χ2n) is 6.86. The van der Waals surface area contributed by atoms with Crippen molar-refractivity contribution < 1.29 is 45.0 Å². The van der Waals surface area contributed by atoms with Crippen LogP contribution in [0.1, 0.15) is 110 Å². The van der Waals surface area contributed by atoms with Gasteiger partial charge in [-0.05, 0) is 21.5 Å². The first-order valence-electron chi connectivity index (χ1n) is 11.0. The van der Waals surface area contributed by atoms with Gasteiger partial charge in [-0.1, -0.05) is 110 Å². The predicted molar refractivity (Wildman–Crippen MR) is 104 cm³/mol. The lowest BCUT2D eigenvalue weighted by atomic mass is 10.0. The molecule has 0 spiro atoms. The molecule has 0 unspecified atom stereocenters. The molecule has 0 aromatic heterocycles. The number of rotatable bonds is 26. The van der Waals surface area contributed by atoms with E-state index in [0.29, 0.717) is 6.61 Å². The second kappa shape index (κ2) is 27.2. The van der Waals surface area contributed by atoms with Crippen molar-refractivity contribution >= 4 is 0 Å². The van der Waals surface area contributed by atoms with Gasteiger partial charge in [-0.2, -0.15) is 0 Å². The van der Waals surface area contributed by atoms with E-state index in [2.05, 4.69) is 53.7 Å².